The Kier molecular flexibility index (Phi) is 3.67. The highest BCUT2D eigenvalue weighted by Crippen LogP contribution is 2.25. The van der Waals surface area contributed by atoms with Gasteiger partial charge < -0.3 is 0 Å². The van der Waals surface area contributed by atoms with Crippen LogP contribution in [0.2, 0.25) is 0 Å². The van der Waals surface area contributed by atoms with Crippen LogP contribution in [0.1, 0.15) is 10.4 Å². The second kappa shape index (κ2) is 5.51. The Morgan fingerprint density at radius 3 is 2.41 bits per heavy atom. The topological polar surface area (TPSA) is 76.1 Å². The highest BCUT2D eigenvalue weighted by atomic mass is 32.2. The van der Waals surface area contributed by atoms with Gasteiger partial charge in [0, 0.05) is 11.8 Å². The monoisotopic (exact) mass is 332 g/mol. The van der Waals surface area contributed by atoms with Gasteiger partial charge in [-0.25, -0.2) is 13.4 Å². The van der Waals surface area contributed by atoms with Crippen LogP contribution >= 0.6 is 11.3 Å². The number of fused-ring (bicyclic) bond motifs is 1. The van der Waals surface area contributed by atoms with Crippen molar-refractivity contribution in [2.24, 2.45) is 0 Å². The van der Waals surface area contributed by atoms with Gasteiger partial charge in [-0.05, 0) is 36.4 Å². The van der Waals surface area contributed by atoms with Gasteiger partial charge in [-0.15, -0.1) is 0 Å². The fraction of sp³-hybridized carbons (Fsp3) is 0.0667. The quantitative estimate of drug-likeness (QED) is 0.800. The van der Waals surface area contributed by atoms with Gasteiger partial charge in [-0.3, -0.25) is 10.1 Å². The maximum Gasteiger partial charge on any atom is 0.257 e. The Labute approximate surface area is 131 Å². The van der Waals surface area contributed by atoms with Crippen molar-refractivity contribution in [3.05, 3.63) is 54.1 Å². The number of nitrogens with one attached hydrogen (secondary N) is 1. The Bertz CT molecular complexity index is 911. The summed E-state index contributed by atoms with van der Waals surface area (Å²) >= 11 is 1.39. The molecule has 112 valence electrons. The van der Waals surface area contributed by atoms with E-state index in [1.54, 1.807) is 0 Å². The Hall–Kier alpha value is -2.25. The first-order valence-corrected chi connectivity index (χ1v) is 9.11. The first kappa shape index (κ1) is 14.7. The van der Waals surface area contributed by atoms with E-state index < -0.39 is 9.84 Å². The molecule has 0 aliphatic carbocycles. The zero-order valence-corrected chi connectivity index (χ0v) is 13.2. The highest BCUT2D eigenvalue weighted by Gasteiger charge is 2.12. The van der Waals surface area contributed by atoms with Crippen LogP contribution in [0.4, 0.5) is 5.13 Å². The molecule has 1 aromatic heterocycles. The number of amides is 1. The van der Waals surface area contributed by atoms with Gasteiger partial charge in [0.25, 0.3) is 5.91 Å². The lowest BCUT2D eigenvalue weighted by Crippen LogP contribution is -2.11. The van der Waals surface area contributed by atoms with Crippen molar-refractivity contribution in [1.82, 2.24) is 4.98 Å². The zero-order valence-electron chi connectivity index (χ0n) is 11.6. The molecule has 0 bridgehead atoms. The summed E-state index contributed by atoms with van der Waals surface area (Å²) in [7, 11) is -3.26. The molecule has 22 heavy (non-hydrogen) atoms. The summed E-state index contributed by atoms with van der Waals surface area (Å²) in [6.45, 7) is 0. The van der Waals surface area contributed by atoms with Gasteiger partial charge >= 0.3 is 0 Å². The second-order valence-electron chi connectivity index (χ2n) is 4.74. The van der Waals surface area contributed by atoms with Crippen LogP contribution in [0.25, 0.3) is 10.2 Å². The van der Waals surface area contributed by atoms with Crippen LogP contribution in [0.3, 0.4) is 0 Å². The van der Waals surface area contributed by atoms with Gasteiger partial charge in [0.1, 0.15) is 0 Å². The molecule has 1 N–H and O–H groups in total. The van der Waals surface area contributed by atoms with Crippen molar-refractivity contribution in [1.29, 1.82) is 0 Å². The summed E-state index contributed by atoms with van der Waals surface area (Å²) in [5, 5.41) is 3.24. The van der Waals surface area contributed by atoms with Crippen LogP contribution in [0.5, 0.6) is 0 Å². The van der Waals surface area contributed by atoms with Crippen molar-refractivity contribution in [3.63, 3.8) is 0 Å². The summed E-state index contributed by atoms with van der Waals surface area (Å²) in [6.07, 6.45) is 1.13. The van der Waals surface area contributed by atoms with Gasteiger partial charge in [0.15, 0.2) is 15.0 Å². The van der Waals surface area contributed by atoms with E-state index in [-0.39, 0.29) is 10.8 Å². The molecule has 0 aliphatic heterocycles. The van der Waals surface area contributed by atoms with Crippen molar-refractivity contribution in [2.45, 2.75) is 4.90 Å². The van der Waals surface area contributed by atoms with Crippen LogP contribution in [-0.4, -0.2) is 25.6 Å². The van der Waals surface area contributed by atoms with E-state index in [4.69, 9.17) is 0 Å². The third kappa shape index (κ3) is 3.00. The first-order valence-electron chi connectivity index (χ1n) is 6.40. The van der Waals surface area contributed by atoms with Crippen LogP contribution in [-0.2, 0) is 9.84 Å². The molecule has 1 heterocycles. The fourth-order valence-electron chi connectivity index (χ4n) is 1.95. The Morgan fingerprint density at radius 1 is 1.09 bits per heavy atom. The largest absolute Gasteiger partial charge is 0.298 e. The summed E-state index contributed by atoms with van der Waals surface area (Å²) in [5.74, 6) is -0.320. The lowest BCUT2D eigenvalue weighted by Gasteiger charge is -2.03. The predicted molar refractivity (Wildman–Crippen MR) is 87.1 cm³/mol. The molecule has 7 heteroatoms. The number of aromatic nitrogens is 1. The lowest BCUT2D eigenvalue weighted by molar-refractivity contribution is 0.102. The van der Waals surface area contributed by atoms with Gasteiger partial charge in [-0.1, -0.05) is 23.5 Å². The van der Waals surface area contributed by atoms with Crippen molar-refractivity contribution in [3.8, 4) is 0 Å². The van der Waals surface area contributed by atoms with Gasteiger partial charge in [0.2, 0.25) is 0 Å². The van der Waals surface area contributed by atoms with E-state index in [0.717, 1.165) is 16.5 Å². The lowest BCUT2D eigenvalue weighted by atomic mass is 10.2. The minimum absolute atomic E-state index is 0.184. The van der Waals surface area contributed by atoms with E-state index in [2.05, 4.69) is 10.3 Å². The minimum atomic E-state index is -3.26. The van der Waals surface area contributed by atoms with Crippen LogP contribution in [0.15, 0.2) is 53.4 Å². The van der Waals surface area contributed by atoms with Crippen LogP contribution in [0, 0.1) is 0 Å². The third-order valence-corrected chi connectivity index (χ3v) is 5.14. The summed E-state index contributed by atoms with van der Waals surface area (Å²) in [6, 6.07) is 13.4. The number of rotatable bonds is 3. The average Bonchev–Trinajstić information content (AvgIpc) is 2.88. The number of benzene rings is 2. The molecule has 3 aromatic rings. The number of carbonyl (C=O) groups is 1. The number of sulfone groups is 1. The molecule has 0 fully saturated rings. The Balaban J connectivity index is 1.82. The zero-order chi connectivity index (χ0) is 15.7. The first-order chi connectivity index (χ1) is 10.4. The van der Waals surface area contributed by atoms with Gasteiger partial charge in [0.05, 0.1) is 15.1 Å². The maximum atomic E-state index is 12.2. The molecule has 0 saturated carbocycles. The molecular weight excluding hydrogens is 320 g/mol. The van der Waals surface area contributed by atoms with E-state index >= 15 is 0 Å². The smallest absolute Gasteiger partial charge is 0.257 e. The molecule has 0 saturated heterocycles. The fourth-order valence-corrected chi connectivity index (χ4v) is 3.44. The molecule has 0 spiro atoms. The molecule has 5 nitrogen and oxygen atoms in total. The molecule has 3 rings (SSSR count). The summed E-state index contributed by atoms with van der Waals surface area (Å²) in [4.78, 5) is 16.7. The third-order valence-electron chi connectivity index (χ3n) is 3.06. The van der Waals surface area contributed by atoms with Crippen molar-refractivity contribution in [2.75, 3.05) is 11.6 Å². The van der Waals surface area contributed by atoms with E-state index in [1.807, 2.05) is 24.3 Å². The number of anilines is 1. The van der Waals surface area contributed by atoms with Crippen LogP contribution < -0.4 is 5.32 Å². The van der Waals surface area contributed by atoms with E-state index in [0.29, 0.717) is 10.7 Å². The normalized spacial score (nSPS) is 11.5. The highest BCUT2D eigenvalue weighted by molar-refractivity contribution is 7.90. The van der Waals surface area contributed by atoms with Crippen molar-refractivity contribution < 1.29 is 13.2 Å². The van der Waals surface area contributed by atoms with Gasteiger partial charge in [-0.2, -0.15) is 0 Å². The predicted octanol–water partition coefficient (Wildman–Crippen LogP) is 2.95. The summed E-state index contributed by atoms with van der Waals surface area (Å²) < 4.78 is 23.8. The molecular formula is C15H12N2O3S2. The van der Waals surface area contributed by atoms with E-state index in [9.17, 15) is 13.2 Å². The average molecular weight is 332 g/mol. The maximum absolute atomic E-state index is 12.2. The number of carbonyl (C=O) groups excluding carboxylic acids is 1. The number of thiazole rings is 1. The number of hydrogen-bond donors (Lipinski definition) is 1. The molecule has 1 amide bonds. The van der Waals surface area contributed by atoms with Crippen molar-refractivity contribution >= 4 is 42.4 Å². The molecule has 0 unspecified atom stereocenters. The molecule has 0 atom stereocenters. The molecule has 2 aromatic carbocycles. The standard InChI is InChI=1S/C15H12N2O3S2/c1-22(19,20)11-8-6-10(7-9-11)14(18)17-15-16-12-4-2-3-5-13(12)21-15/h2-9H,1H3,(H,16,17,18). The SMILES string of the molecule is CS(=O)(=O)c1ccc(C(=O)Nc2nc3ccccc3s2)cc1. The Morgan fingerprint density at radius 2 is 1.77 bits per heavy atom. The number of hydrogen-bond acceptors (Lipinski definition) is 5. The number of nitrogens with zero attached hydrogens (tertiary/aromatic N) is 1. The molecule has 0 aliphatic rings. The minimum Gasteiger partial charge on any atom is -0.298 e. The number of para-hydroxylation sites is 1. The second-order valence-corrected chi connectivity index (χ2v) is 7.78. The van der Waals surface area contributed by atoms with E-state index in [1.165, 1.54) is 35.6 Å². The molecule has 0 radical (unpaired) electrons. The summed E-state index contributed by atoms with van der Waals surface area (Å²) in [5.41, 5.74) is 1.21.